The van der Waals surface area contributed by atoms with Crippen molar-refractivity contribution in [2.24, 2.45) is 0 Å². The Labute approximate surface area is 105 Å². The Morgan fingerprint density at radius 2 is 1.89 bits per heavy atom. The second-order valence-corrected chi connectivity index (χ2v) is 3.38. The van der Waals surface area contributed by atoms with Crippen molar-refractivity contribution in [3.05, 3.63) is 23.3 Å². The summed E-state index contributed by atoms with van der Waals surface area (Å²) in [5.41, 5.74) is 0.782. The predicted octanol–water partition coefficient (Wildman–Crippen LogP) is 1.09. The average molecular weight is 256 g/mol. The SMILES string of the molecule is COCOc1ccc(OCO)c(C)c1C(=O)OC. The van der Waals surface area contributed by atoms with Gasteiger partial charge in [0.25, 0.3) is 0 Å². The molecule has 0 radical (unpaired) electrons. The van der Waals surface area contributed by atoms with Crippen molar-refractivity contribution in [3.8, 4) is 11.5 Å². The normalized spacial score (nSPS) is 10.0. The quantitative estimate of drug-likeness (QED) is 0.606. The van der Waals surface area contributed by atoms with E-state index in [1.807, 2.05) is 0 Å². The van der Waals surface area contributed by atoms with Crippen LogP contribution >= 0.6 is 0 Å². The highest BCUT2D eigenvalue weighted by Gasteiger charge is 2.19. The molecule has 6 nitrogen and oxygen atoms in total. The van der Waals surface area contributed by atoms with Crippen LogP contribution in [-0.2, 0) is 9.47 Å². The number of benzene rings is 1. The number of carbonyl (C=O) groups excluding carboxylic acids is 1. The van der Waals surface area contributed by atoms with Gasteiger partial charge in [0.2, 0.25) is 0 Å². The first-order valence-electron chi connectivity index (χ1n) is 5.23. The van der Waals surface area contributed by atoms with E-state index in [4.69, 9.17) is 24.1 Å². The van der Waals surface area contributed by atoms with Crippen molar-refractivity contribution in [2.45, 2.75) is 6.92 Å². The van der Waals surface area contributed by atoms with Gasteiger partial charge in [-0.25, -0.2) is 4.79 Å². The lowest BCUT2D eigenvalue weighted by Gasteiger charge is -2.14. The zero-order chi connectivity index (χ0) is 13.5. The van der Waals surface area contributed by atoms with Crippen LogP contribution in [0.2, 0.25) is 0 Å². The van der Waals surface area contributed by atoms with Crippen LogP contribution in [0, 0.1) is 6.92 Å². The molecule has 1 N–H and O–H groups in total. The molecule has 0 bridgehead atoms. The monoisotopic (exact) mass is 256 g/mol. The largest absolute Gasteiger partial charge is 0.467 e. The van der Waals surface area contributed by atoms with Crippen LogP contribution in [0.4, 0.5) is 0 Å². The standard InChI is InChI=1S/C12H16O6/c1-8-9(17-6-13)4-5-10(18-7-15-2)11(8)12(14)16-3/h4-5,13H,6-7H2,1-3H3. The third-order valence-corrected chi connectivity index (χ3v) is 2.32. The third kappa shape index (κ3) is 3.12. The van der Waals surface area contributed by atoms with Crippen molar-refractivity contribution in [3.63, 3.8) is 0 Å². The first-order valence-corrected chi connectivity index (χ1v) is 5.23. The second-order valence-electron chi connectivity index (χ2n) is 3.38. The number of hydrogen-bond acceptors (Lipinski definition) is 6. The summed E-state index contributed by atoms with van der Waals surface area (Å²) < 4.78 is 19.8. The van der Waals surface area contributed by atoms with E-state index in [2.05, 4.69) is 0 Å². The first-order chi connectivity index (χ1) is 8.65. The van der Waals surface area contributed by atoms with Gasteiger partial charge in [0.05, 0.1) is 7.11 Å². The molecule has 0 spiro atoms. The molecule has 0 aliphatic rings. The zero-order valence-electron chi connectivity index (χ0n) is 10.6. The fraction of sp³-hybridized carbons (Fsp3) is 0.417. The maximum Gasteiger partial charge on any atom is 0.342 e. The lowest BCUT2D eigenvalue weighted by molar-refractivity contribution is 0.0460. The lowest BCUT2D eigenvalue weighted by Crippen LogP contribution is -2.11. The van der Waals surface area contributed by atoms with Gasteiger partial charge in [-0.15, -0.1) is 0 Å². The van der Waals surface area contributed by atoms with Gasteiger partial charge >= 0.3 is 5.97 Å². The molecule has 0 amide bonds. The van der Waals surface area contributed by atoms with Crippen molar-refractivity contribution in [1.29, 1.82) is 0 Å². The van der Waals surface area contributed by atoms with E-state index in [1.165, 1.54) is 14.2 Å². The molecule has 1 aromatic rings. The molecule has 0 saturated heterocycles. The van der Waals surface area contributed by atoms with Crippen LogP contribution in [0.15, 0.2) is 12.1 Å². The van der Waals surface area contributed by atoms with Crippen LogP contribution in [0.3, 0.4) is 0 Å². The molecule has 0 aromatic heterocycles. The van der Waals surface area contributed by atoms with E-state index in [0.717, 1.165) is 0 Å². The van der Waals surface area contributed by atoms with Crippen LogP contribution < -0.4 is 9.47 Å². The van der Waals surface area contributed by atoms with Crippen molar-refractivity contribution < 1.29 is 28.8 Å². The summed E-state index contributed by atoms with van der Waals surface area (Å²) >= 11 is 0. The number of carbonyl (C=O) groups is 1. The lowest BCUT2D eigenvalue weighted by atomic mass is 10.1. The first kappa shape index (κ1) is 14.3. The summed E-state index contributed by atoms with van der Waals surface area (Å²) in [6.45, 7) is 1.22. The van der Waals surface area contributed by atoms with Gasteiger partial charge < -0.3 is 24.1 Å². The van der Waals surface area contributed by atoms with E-state index >= 15 is 0 Å². The van der Waals surface area contributed by atoms with Gasteiger partial charge in [-0.3, -0.25) is 0 Å². The van der Waals surface area contributed by atoms with E-state index in [1.54, 1.807) is 19.1 Å². The minimum absolute atomic E-state index is 0.0175. The molecule has 0 atom stereocenters. The fourth-order valence-electron chi connectivity index (χ4n) is 1.49. The molecule has 1 rings (SSSR count). The Kier molecular flexibility index (Phi) is 5.41. The molecular formula is C12H16O6. The number of esters is 1. The summed E-state index contributed by atoms with van der Waals surface area (Å²) in [5, 5.41) is 8.75. The highest BCUT2D eigenvalue weighted by molar-refractivity contribution is 5.94. The molecule has 1 aromatic carbocycles. The highest BCUT2D eigenvalue weighted by Crippen LogP contribution is 2.30. The van der Waals surface area contributed by atoms with E-state index in [9.17, 15) is 4.79 Å². The Hall–Kier alpha value is -1.79. The van der Waals surface area contributed by atoms with E-state index in [-0.39, 0.29) is 12.4 Å². The molecule has 0 aliphatic carbocycles. The van der Waals surface area contributed by atoms with Crippen LogP contribution in [0.25, 0.3) is 0 Å². The van der Waals surface area contributed by atoms with Gasteiger partial charge in [-0.05, 0) is 19.1 Å². The van der Waals surface area contributed by atoms with Gasteiger partial charge in [0.15, 0.2) is 13.6 Å². The van der Waals surface area contributed by atoms with E-state index < -0.39 is 12.8 Å². The molecule has 0 heterocycles. The van der Waals surface area contributed by atoms with Crippen LogP contribution in [-0.4, -0.2) is 38.9 Å². The zero-order valence-corrected chi connectivity index (χ0v) is 10.6. The predicted molar refractivity (Wildman–Crippen MR) is 62.7 cm³/mol. The third-order valence-electron chi connectivity index (χ3n) is 2.32. The second kappa shape index (κ2) is 6.83. The topological polar surface area (TPSA) is 74.2 Å². The summed E-state index contributed by atoms with van der Waals surface area (Å²) in [7, 11) is 2.76. The minimum Gasteiger partial charge on any atom is -0.467 e. The van der Waals surface area contributed by atoms with Gasteiger partial charge in [-0.1, -0.05) is 0 Å². The maximum atomic E-state index is 11.7. The average Bonchev–Trinajstić information content (AvgIpc) is 2.38. The molecule has 18 heavy (non-hydrogen) atoms. The van der Waals surface area contributed by atoms with Gasteiger partial charge in [-0.2, -0.15) is 0 Å². The molecule has 0 aliphatic heterocycles. The van der Waals surface area contributed by atoms with Crippen molar-refractivity contribution >= 4 is 5.97 Å². The van der Waals surface area contributed by atoms with Crippen LogP contribution in [0.1, 0.15) is 15.9 Å². The van der Waals surface area contributed by atoms with E-state index in [0.29, 0.717) is 17.1 Å². The summed E-state index contributed by atoms with van der Waals surface area (Å²) in [5.74, 6) is 0.191. The molecule has 6 heteroatoms. The Morgan fingerprint density at radius 3 is 2.44 bits per heavy atom. The highest BCUT2D eigenvalue weighted by atomic mass is 16.7. The molecule has 0 fully saturated rings. The number of methoxy groups -OCH3 is 2. The molecule has 100 valence electrons. The van der Waals surface area contributed by atoms with Crippen molar-refractivity contribution in [2.75, 3.05) is 27.8 Å². The fourth-order valence-corrected chi connectivity index (χ4v) is 1.49. The summed E-state index contributed by atoms with van der Waals surface area (Å²) in [4.78, 5) is 11.7. The number of aliphatic hydroxyl groups excluding tert-OH is 1. The Bertz CT molecular complexity index is 415. The van der Waals surface area contributed by atoms with Crippen LogP contribution in [0.5, 0.6) is 11.5 Å². The Morgan fingerprint density at radius 1 is 1.22 bits per heavy atom. The Balaban J connectivity index is 3.18. The maximum absolute atomic E-state index is 11.7. The molecule has 0 saturated carbocycles. The number of aliphatic hydroxyl groups is 1. The summed E-state index contributed by atoms with van der Waals surface area (Å²) in [6, 6.07) is 3.16. The molecular weight excluding hydrogens is 240 g/mol. The molecule has 0 unspecified atom stereocenters. The minimum atomic E-state index is -0.540. The number of ether oxygens (including phenoxy) is 4. The number of rotatable bonds is 6. The number of hydrogen-bond donors (Lipinski definition) is 1. The van der Waals surface area contributed by atoms with Gasteiger partial charge in [0.1, 0.15) is 17.1 Å². The van der Waals surface area contributed by atoms with Crippen molar-refractivity contribution in [1.82, 2.24) is 0 Å². The summed E-state index contributed by atoms with van der Waals surface area (Å²) in [6.07, 6.45) is 0. The van der Waals surface area contributed by atoms with Gasteiger partial charge in [0, 0.05) is 12.7 Å². The smallest absolute Gasteiger partial charge is 0.342 e.